The standard InChI is InChI=1S/C24H24N2O5S/c1-16-5-4-6-20(13-16)26-32(29,30)21-12-7-17(2)22(14-21)23(27)25-15-18-8-10-19(11-9-18)24(28)31-3/h4-14,26H,15H2,1-3H3,(H,25,27). The number of sulfonamides is 1. The molecule has 8 heteroatoms. The molecule has 0 unspecified atom stereocenters. The summed E-state index contributed by atoms with van der Waals surface area (Å²) in [7, 11) is -2.55. The number of benzene rings is 3. The highest BCUT2D eigenvalue weighted by Crippen LogP contribution is 2.20. The summed E-state index contributed by atoms with van der Waals surface area (Å²) in [6.45, 7) is 3.83. The van der Waals surface area contributed by atoms with Crippen molar-refractivity contribution in [1.82, 2.24) is 5.32 Å². The summed E-state index contributed by atoms with van der Waals surface area (Å²) in [5.74, 6) is -0.833. The highest BCUT2D eigenvalue weighted by Gasteiger charge is 2.18. The van der Waals surface area contributed by atoms with E-state index in [0.29, 0.717) is 16.8 Å². The first kappa shape index (κ1) is 23.0. The largest absolute Gasteiger partial charge is 0.465 e. The molecule has 0 aliphatic carbocycles. The SMILES string of the molecule is COC(=O)c1ccc(CNC(=O)c2cc(S(=O)(=O)Nc3cccc(C)c3)ccc2C)cc1. The predicted molar refractivity (Wildman–Crippen MR) is 122 cm³/mol. The Bertz CT molecular complexity index is 1250. The second-order valence-corrected chi connectivity index (χ2v) is 9.01. The maximum atomic E-state index is 12.8. The van der Waals surface area contributed by atoms with Gasteiger partial charge in [-0.1, -0.05) is 30.3 Å². The number of ether oxygens (including phenoxy) is 1. The Morgan fingerprint density at radius 1 is 0.938 bits per heavy atom. The molecular weight excluding hydrogens is 428 g/mol. The van der Waals surface area contributed by atoms with Gasteiger partial charge < -0.3 is 10.1 Å². The number of hydrogen-bond donors (Lipinski definition) is 2. The van der Waals surface area contributed by atoms with Crippen LogP contribution in [-0.2, 0) is 21.3 Å². The van der Waals surface area contributed by atoms with Crippen molar-refractivity contribution in [2.24, 2.45) is 0 Å². The molecule has 3 aromatic carbocycles. The highest BCUT2D eigenvalue weighted by atomic mass is 32.2. The van der Waals surface area contributed by atoms with E-state index in [-0.39, 0.29) is 17.0 Å². The number of nitrogens with one attached hydrogen (secondary N) is 2. The van der Waals surface area contributed by atoms with Crippen molar-refractivity contribution in [2.75, 3.05) is 11.8 Å². The van der Waals surface area contributed by atoms with Crippen LogP contribution in [0.15, 0.2) is 71.6 Å². The van der Waals surface area contributed by atoms with E-state index in [0.717, 1.165) is 11.1 Å². The lowest BCUT2D eigenvalue weighted by Crippen LogP contribution is -2.24. The molecule has 0 radical (unpaired) electrons. The molecule has 0 atom stereocenters. The Labute approximate surface area is 187 Å². The van der Waals surface area contributed by atoms with Crippen molar-refractivity contribution in [3.8, 4) is 0 Å². The minimum Gasteiger partial charge on any atom is -0.465 e. The first-order valence-electron chi connectivity index (χ1n) is 9.85. The number of esters is 1. The molecule has 0 spiro atoms. The van der Waals surface area contributed by atoms with Crippen LogP contribution in [0.1, 0.15) is 37.4 Å². The number of aryl methyl sites for hydroxylation is 2. The number of methoxy groups -OCH3 is 1. The van der Waals surface area contributed by atoms with Gasteiger partial charge in [-0.3, -0.25) is 9.52 Å². The quantitative estimate of drug-likeness (QED) is 0.531. The first-order valence-corrected chi connectivity index (χ1v) is 11.3. The van der Waals surface area contributed by atoms with Crippen LogP contribution in [0.25, 0.3) is 0 Å². The number of carbonyl (C=O) groups is 2. The Morgan fingerprint density at radius 2 is 1.66 bits per heavy atom. The van der Waals surface area contributed by atoms with Crippen molar-refractivity contribution in [3.63, 3.8) is 0 Å². The van der Waals surface area contributed by atoms with Crippen LogP contribution in [0.5, 0.6) is 0 Å². The number of carbonyl (C=O) groups excluding carboxylic acids is 2. The first-order chi connectivity index (χ1) is 15.2. The van der Waals surface area contributed by atoms with E-state index in [1.807, 2.05) is 13.0 Å². The zero-order valence-electron chi connectivity index (χ0n) is 18.0. The topological polar surface area (TPSA) is 102 Å². The number of amides is 1. The summed E-state index contributed by atoms with van der Waals surface area (Å²) < 4.78 is 32.8. The zero-order valence-corrected chi connectivity index (χ0v) is 18.8. The van der Waals surface area contributed by atoms with Gasteiger partial charge in [-0.25, -0.2) is 13.2 Å². The molecule has 0 aliphatic rings. The lowest BCUT2D eigenvalue weighted by molar-refractivity contribution is 0.0600. The third-order valence-electron chi connectivity index (χ3n) is 4.86. The number of rotatable bonds is 7. The molecule has 0 bridgehead atoms. The minimum atomic E-state index is -3.86. The lowest BCUT2D eigenvalue weighted by atomic mass is 10.1. The smallest absolute Gasteiger partial charge is 0.337 e. The summed E-state index contributed by atoms with van der Waals surface area (Å²) in [5.41, 5.74) is 3.49. The van der Waals surface area contributed by atoms with E-state index in [1.54, 1.807) is 55.5 Å². The molecule has 166 valence electrons. The molecule has 3 rings (SSSR count). The van der Waals surface area contributed by atoms with Gasteiger partial charge >= 0.3 is 5.97 Å². The molecule has 0 heterocycles. The molecule has 0 fully saturated rings. The van der Waals surface area contributed by atoms with E-state index < -0.39 is 21.9 Å². The van der Waals surface area contributed by atoms with Crippen molar-refractivity contribution in [3.05, 3.63) is 94.5 Å². The molecule has 0 aromatic heterocycles. The molecule has 1 amide bonds. The summed E-state index contributed by atoms with van der Waals surface area (Å²) >= 11 is 0. The molecule has 7 nitrogen and oxygen atoms in total. The third kappa shape index (κ3) is 5.53. The van der Waals surface area contributed by atoms with E-state index in [4.69, 9.17) is 0 Å². The predicted octanol–water partition coefficient (Wildman–Crippen LogP) is 3.82. The fraction of sp³-hybridized carbons (Fsp3) is 0.167. The maximum Gasteiger partial charge on any atom is 0.337 e. The van der Waals surface area contributed by atoms with Crippen LogP contribution in [-0.4, -0.2) is 27.4 Å². The molecule has 0 aliphatic heterocycles. The summed E-state index contributed by atoms with van der Waals surface area (Å²) in [5, 5.41) is 2.78. The number of anilines is 1. The molecule has 0 saturated carbocycles. The third-order valence-corrected chi connectivity index (χ3v) is 6.24. The van der Waals surface area contributed by atoms with Crippen LogP contribution >= 0.6 is 0 Å². The average Bonchev–Trinajstić information content (AvgIpc) is 2.77. The molecule has 3 aromatic rings. The Balaban J connectivity index is 1.74. The van der Waals surface area contributed by atoms with Gasteiger partial charge in [0.2, 0.25) is 0 Å². The fourth-order valence-corrected chi connectivity index (χ4v) is 4.16. The van der Waals surface area contributed by atoms with Crippen LogP contribution < -0.4 is 10.0 Å². The van der Waals surface area contributed by atoms with Gasteiger partial charge in [0.05, 0.1) is 17.6 Å². The van der Waals surface area contributed by atoms with Gasteiger partial charge in [0, 0.05) is 17.8 Å². The molecule has 0 saturated heterocycles. The maximum absolute atomic E-state index is 12.8. The van der Waals surface area contributed by atoms with Crippen LogP contribution in [0.3, 0.4) is 0 Å². The molecule has 32 heavy (non-hydrogen) atoms. The fourth-order valence-electron chi connectivity index (χ4n) is 3.09. The second-order valence-electron chi connectivity index (χ2n) is 7.32. The van der Waals surface area contributed by atoms with E-state index in [9.17, 15) is 18.0 Å². The Hall–Kier alpha value is -3.65. The molecular formula is C24H24N2O5S. The minimum absolute atomic E-state index is 0.00260. The van der Waals surface area contributed by atoms with E-state index >= 15 is 0 Å². The van der Waals surface area contributed by atoms with Gasteiger partial charge in [-0.05, 0) is 66.9 Å². The van der Waals surface area contributed by atoms with Crippen molar-refractivity contribution in [1.29, 1.82) is 0 Å². The van der Waals surface area contributed by atoms with Crippen molar-refractivity contribution in [2.45, 2.75) is 25.3 Å². The van der Waals surface area contributed by atoms with Crippen LogP contribution in [0.2, 0.25) is 0 Å². The number of hydrogen-bond acceptors (Lipinski definition) is 5. The van der Waals surface area contributed by atoms with Gasteiger partial charge in [0.1, 0.15) is 0 Å². The average molecular weight is 453 g/mol. The summed E-state index contributed by atoms with van der Waals surface area (Å²) in [6, 6.07) is 18.1. The Kier molecular flexibility index (Phi) is 6.95. The summed E-state index contributed by atoms with van der Waals surface area (Å²) in [6.07, 6.45) is 0. The van der Waals surface area contributed by atoms with Crippen molar-refractivity contribution < 1.29 is 22.7 Å². The second kappa shape index (κ2) is 9.65. The van der Waals surface area contributed by atoms with Crippen LogP contribution in [0, 0.1) is 13.8 Å². The van der Waals surface area contributed by atoms with E-state index in [2.05, 4.69) is 14.8 Å². The van der Waals surface area contributed by atoms with Crippen molar-refractivity contribution >= 4 is 27.6 Å². The van der Waals surface area contributed by atoms with Gasteiger partial charge in [0.25, 0.3) is 15.9 Å². The molecule has 2 N–H and O–H groups in total. The summed E-state index contributed by atoms with van der Waals surface area (Å²) in [4.78, 5) is 24.3. The lowest BCUT2D eigenvalue weighted by Gasteiger charge is -2.12. The van der Waals surface area contributed by atoms with Gasteiger partial charge in [0.15, 0.2) is 0 Å². The van der Waals surface area contributed by atoms with Gasteiger partial charge in [-0.2, -0.15) is 0 Å². The van der Waals surface area contributed by atoms with Gasteiger partial charge in [-0.15, -0.1) is 0 Å². The zero-order chi connectivity index (χ0) is 23.3. The van der Waals surface area contributed by atoms with Crippen LogP contribution in [0.4, 0.5) is 5.69 Å². The van der Waals surface area contributed by atoms with E-state index in [1.165, 1.54) is 19.2 Å². The monoisotopic (exact) mass is 452 g/mol. The Morgan fingerprint density at radius 3 is 2.31 bits per heavy atom. The normalized spacial score (nSPS) is 11.0. The highest BCUT2D eigenvalue weighted by molar-refractivity contribution is 7.92.